The van der Waals surface area contributed by atoms with Gasteiger partial charge in [-0.1, -0.05) is 30.3 Å². The monoisotopic (exact) mass is 329 g/mol. The van der Waals surface area contributed by atoms with Gasteiger partial charge in [0.15, 0.2) is 0 Å². The summed E-state index contributed by atoms with van der Waals surface area (Å²) in [5, 5.41) is 9.82. The minimum atomic E-state index is -0.725. The highest BCUT2D eigenvalue weighted by molar-refractivity contribution is 5.85. The Kier molecular flexibility index (Phi) is 3.83. The Bertz CT molecular complexity index is 632. The Morgan fingerprint density at radius 3 is 2.42 bits per heavy atom. The first-order valence-electron chi connectivity index (χ1n) is 8.77. The molecule has 5 heteroatoms. The molecule has 3 aliphatic rings. The zero-order valence-corrected chi connectivity index (χ0v) is 13.7. The highest BCUT2D eigenvalue weighted by atomic mass is 16.5. The fourth-order valence-corrected chi connectivity index (χ4v) is 4.51. The number of morpholine rings is 1. The molecule has 1 aliphatic heterocycles. The summed E-state index contributed by atoms with van der Waals surface area (Å²) >= 11 is 0. The number of aliphatic carboxylic acids is 1. The molecule has 1 aromatic rings. The maximum atomic E-state index is 12.6. The molecule has 24 heavy (non-hydrogen) atoms. The van der Waals surface area contributed by atoms with Gasteiger partial charge in [0.1, 0.15) is 0 Å². The lowest BCUT2D eigenvalue weighted by Crippen LogP contribution is -2.47. The number of nitrogens with zero attached hydrogens (tertiary/aromatic N) is 1. The summed E-state index contributed by atoms with van der Waals surface area (Å²) in [4.78, 5) is 26.4. The molecule has 5 nitrogen and oxygen atoms in total. The molecule has 2 atom stereocenters. The maximum absolute atomic E-state index is 12.6. The van der Waals surface area contributed by atoms with Crippen LogP contribution in [0.4, 0.5) is 0 Å². The molecule has 2 unspecified atom stereocenters. The first-order chi connectivity index (χ1) is 11.6. The van der Waals surface area contributed by atoms with Crippen LogP contribution in [0.5, 0.6) is 0 Å². The fraction of sp³-hybridized carbons (Fsp3) is 0.579. The highest BCUT2D eigenvalue weighted by Crippen LogP contribution is 2.65. The Balaban J connectivity index is 1.43. The lowest BCUT2D eigenvalue weighted by Gasteiger charge is -2.45. The number of hydrogen-bond acceptors (Lipinski definition) is 3. The van der Waals surface area contributed by atoms with Crippen LogP contribution in [0.3, 0.4) is 0 Å². The van der Waals surface area contributed by atoms with Crippen LogP contribution >= 0.6 is 0 Å². The van der Waals surface area contributed by atoms with E-state index in [0.717, 1.165) is 6.42 Å². The van der Waals surface area contributed by atoms with Crippen LogP contribution in [0.15, 0.2) is 30.3 Å². The SMILES string of the molecule is O=C(C1CC1C1(C(=O)O)CC(c2ccccc2)C1)N1CCOCC1. The fourth-order valence-electron chi connectivity index (χ4n) is 4.51. The summed E-state index contributed by atoms with van der Waals surface area (Å²) in [5.41, 5.74) is 0.513. The van der Waals surface area contributed by atoms with Gasteiger partial charge >= 0.3 is 5.97 Å². The largest absolute Gasteiger partial charge is 0.481 e. The third-order valence-corrected chi connectivity index (χ3v) is 6.06. The van der Waals surface area contributed by atoms with Crippen LogP contribution in [0.2, 0.25) is 0 Å². The predicted octanol–water partition coefficient (Wildman–Crippen LogP) is 2.13. The van der Waals surface area contributed by atoms with Crippen molar-refractivity contribution in [2.45, 2.75) is 25.2 Å². The van der Waals surface area contributed by atoms with Crippen molar-refractivity contribution in [2.24, 2.45) is 17.3 Å². The van der Waals surface area contributed by atoms with Gasteiger partial charge in [-0.05, 0) is 36.7 Å². The summed E-state index contributed by atoms with van der Waals surface area (Å²) in [7, 11) is 0. The molecule has 3 fully saturated rings. The maximum Gasteiger partial charge on any atom is 0.309 e. The number of amides is 1. The number of carboxylic acids is 1. The molecule has 1 aromatic carbocycles. The van der Waals surface area contributed by atoms with Crippen molar-refractivity contribution < 1.29 is 19.4 Å². The molecule has 4 rings (SSSR count). The Hall–Kier alpha value is -1.88. The van der Waals surface area contributed by atoms with E-state index < -0.39 is 11.4 Å². The van der Waals surface area contributed by atoms with E-state index in [0.29, 0.717) is 45.1 Å². The predicted molar refractivity (Wildman–Crippen MR) is 87.5 cm³/mol. The van der Waals surface area contributed by atoms with Gasteiger partial charge in [-0.15, -0.1) is 0 Å². The molecule has 0 bridgehead atoms. The van der Waals surface area contributed by atoms with E-state index in [-0.39, 0.29) is 17.7 Å². The quantitative estimate of drug-likeness (QED) is 0.919. The van der Waals surface area contributed by atoms with E-state index in [1.165, 1.54) is 5.56 Å². The topological polar surface area (TPSA) is 66.8 Å². The molecule has 0 radical (unpaired) electrons. The van der Waals surface area contributed by atoms with Gasteiger partial charge in [0.2, 0.25) is 5.91 Å². The van der Waals surface area contributed by atoms with E-state index >= 15 is 0 Å². The van der Waals surface area contributed by atoms with Gasteiger partial charge in [0, 0.05) is 19.0 Å². The number of carboxylic acid groups (broad SMARTS) is 1. The van der Waals surface area contributed by atoms with Crippen molar-refractivity contribution in [2.75, 3.05) is 26.3 Å². The summed E-state index contributed by atoms with van der Waals surface area (Å²) in [5.74, 6) is -0.382. The first kappa shape index (κ1) is 15.6. The molecule has 0 spiro atoms. The second-order valence-electron chi connectivity index (χ2n) is 7.36. The Morgan fingerprint density at radius 2 is 1.79 bits per heavy atom. The van der Waals surface area contributed by atoms with Crippen molar-refractivity contribution in [3.05, 3.63) is 35.9 Å². The van der Waals surface area contributed by atoms with Gasteiger partial charge in [0.05, 0.1) is 18.6 Å². The minimum Gasteiger partial charge on any atom is -0.481 e. The van der Waals surface area contributed by atoms with Gasteiger partial charge < -0.3 is 14.7 Å². The van der Waals surface area contributed by atoms with Crippen LogP contribution in [0, 0.1) is 17.3 Å². The Labute approximate surface area is 141 Å². The van der Waals surface area contributed by atoms with Crippen molar-refractivity contribution in [3.8, 4) is 0 Å². The van der Waals surface area contributed by atoms with Gasteiger partial charge in [-0.2, -0.15) is 0 Å². The zero-order valence-electron chi connectivity index (χ0n) is 13.7. The smallest absolute Gasteiger partial charge is 0.309 e. The van der Waals surface area contributed by atoms with Crippen LogP contribution in [-0.2, 0) is 14.3 Å². The lowest BCUT2D eigenvalue weighted by molar-refractivity contribution is -0.159. The second-order valence-corrected chi connectivity index (χ2v) is 7.36. The number of hydrogen-bond donors (Lipinski definition) is 1. The third-order valence-electron chi connectivity index (χ3n) is 6.06. The molecule has 1 saturated heterocycles. The lowest BCUT2D eigenvalue weighted by atomic mass is 9.57. The normalized spacial score (nSPS) is 35.2. The van der Waals surface area contributed by atoms with Gasteiger partial charge in [0.25, 0.3) is 0 Å². The van der Waals surface area contributed by atoms with Crippen LogP contribution in [0.1, 0.15) is 30.7 Å². The molecule has 1 heterocycles. The average Bonchev–Trinajstić information content (AvgIpc) is 3.36. The summed E-state index contributed by atoms with van der Waals surface area (Å²) in [6.45, 7) is 2.44. The molecular formula is C19H23NO4. The second kappa shape index (κ2) is 5.88. The van der Waals surface area contributed by atoms with E-state index in [1.807, 2.05) is 23.1 Å². The van der Waals surface area contributed by atoms with Gasteiger partial charge in [-0.3, -0.25) is 9.59 Å². The number of ether oxygens (including phenoxy) is 1. The number of carbonyl (C=O) groups is 2. The molecule has 0 aromatic heterocycles. The van der Waals surface area contributed by atoms with E-state index in [1.54, 1.807) is 0 Å². The van der Waals surface area contributed by atoms with Crippen LogP contribution < -0.4 is 0 Å². The van der Waals surface area contributed by atoms with Crippen LogP contribution in [0.25, 0.3) is 0 Å². The molecule has 1 N–H and O–H groups in total. The van der Waals surface area contributed by atoms with Crippen molar-refractivity contribution >= 4 is 11.9 Å². The number of carbonyl (C=O) groups excluding carboxylic acids is 1. The Morgan fingerprint density at radius 1 is 1.12 bits per heavy atom. The van der Waals surface area contributed by atoms with E-state index in [2.05, 4.69) is 12.1 Å². The number of rotatable bonds is 4. The highest BCUT2D eigenvalue weighted by Gasteiger charge is 2.65. The van der Waals surface area contributed by atoms with E-state index in [4.69, 9.17) is 4.74 Å². The molecule has 2 saturated carbocycles. The zero-order chi connectivity index (χ0) is 16.7. The first-order valence-corrected chi connectivity index (χ1v) is 8.77. The third kappa shape index (κ3) is 2.51. The summed E-state index contributed by atoms with van der Waals surface area (Å²) in [6, 6.07) is 10.1. The molecule has 128 valence electrons. The minimum absolute atomic E-state index is 0.00491. The molecule has 2 aliphatic carbocycles. The van der Waals surface area contributed by atoms with E-state index in [9.17, 15) is 14.7 Å². The van der Waals surface area contributed by atoms with Crippen molar-refractivity contribution in [1.82, 2.24) is 4.90 Å². The number of benzene rings is 1. The average molecular weight is 329 g/mol. The summed E-state index contributed by atoms with van der Waals surface area (Å²) in [6.07, 6.45) is 2.04. The van der Waals surface area contributed by atoms with Crippen molar-refractivity contribution in [3.63, 3.8) is 0 Å². The molecule has 1 amide bonds. The van der Waals surface area contributed by atoms with Crippen LogP contribution in [-0.4, -0.2) is 48.2 Å². The standard InChI is InChI=1S/C19H23NO4/c21-17(20-6-8-24-9-7-20)15-10-16(15)19(18(22)23)11-14(12-19)13-4-2-1-3-5-13/h1-5,14-16H,6-12H2,(H,22,23). The van der Waals surface area contributed by atoms with Crippen molar-refractivity contribution in [1.29, 1.82) is 0 Å². The van der Waals surface area contributed by atoms with Gasteiger partial charge in [-0.25, -0.2) is 0 Å². The molecular weight excluding hydrogens is 306 g/mol. The summed E-state index contributed by atoms with van der Waals surface area (Å²) < 4.78 is 5.29.